The van der Waals surface area contributed by atoms with E-state index in [1.54, 1.807) is 0 Å². The summed E-state index contributed by atoms with van der Waals surface area (Å²) in [6.07, 6.45) is 1.72. The Kier molecular flexibility index (Phi) is 3.70. The smallest absolute Gasteiger partial charge is 0.224 e. The first-order valence-electron chi connectivity index (χ1n) is 6.43. The van der Waals surface area contributed by atoms with E-state index < -0.39 is 0 Å². The SMILES string of the molecule is C=C(N)C(CC)NC(=O)[C@@H]1CC1c1ccccc1. The van der Waals surface area contributed by atoms with Crippen LogP contribution in [0.2, 0.25) is 0 Å². The molecular formula is C15H20N2O. The summed E-state index contributed by atoms with van der Waals surface area (Å²) in [5, 5.41) is 2.96. The fourth-order valence-electron chi connectivity index (χ4n) is 2.29. The number of amides is 1. The molecule has 0 saturated heterocycles. The molecule has 1 aliphatic carbocycles. The Morgan fingerprint density at radius 1 is 1.50 bits per heavy atom. The van der Waals surface area contributed by atoms with Gasteiger partial charge in [-0.3, -0.25) is 4.79 Å². The summed E-state index contributed by atoms with van der Waals surface area (Å²) in [6, 6.07) is 10.1. The van der Waals surface area contributed by atoms with Gasteiger partial charge < -0.3 is 11.1 Å². The minimum atomic E-state index is -0.102. The first-order valence-corrected chi connectivity index (χ1v) is 6.43. The average Bonchev–Trinajstić information content (AvgIpc) is 3.16. The molecule has 96 valence electrons. The van der Waals surface area contributed by atoms with Crippen molar-refractivity contribution in [2.24, 2.45) is 11.7 Å². The highest BCUT2D eigenvalue weighted by Gasteiger charge is 2.44. The van der Waals surface area contributed by atoms with Crippen molar-refractivity contribution in [2.45, 2.75) is 31.7 Å². The Morgan fingerprint density at radius 3 is 2.72 bits per heavy atom. The second kappa shape index (κ2) is 5.25. The number of benzene rings is 1. The quantitative estimate of drug-likeness (QED) is 0.834. The van der Waals surface area contributed by atoms with Crippen molar-refractivity contribution >= 4 is 5.91 Å². The van der Waals surface area contributed by atoms with E-state index in [1.165, 1.54) is 5.56 Å². The van der Waals surface area contributed by atoms with E-state index in [9.17, 15) is 4.79 Å². The summed E-state index contributed by atoms with van der Waals surface area (Å²) < 4.78 is 0. The van der Waals surface area contributed by atoms with E-state index in [-0.39, 0.29) is 17.9 Å². The van der Waals surface area contributed by atoms with Crippen LogP contribution in [0.25, 0.3) is 0 Å². The molecule has 3 nitrogen and oxygen atoms in total. The highest BCUT2D eigenvalue weighted by Crippen LogP contribution is 2.47. The number of carbonyl (C=O) groups excluding carboxylic acids is 1. The lowest BCUT2D eigenvalue weighted by Gasteiger charge is -2.16. The standard InChI is InChI=1S/C15H20N2O/c1-3-14(10(2)16)17-15(18)13-9-12(13)11-7-5-4-6-8-11/h4-8,12-14H,2-3,9,16H2,1H3,(H,17,18)/t12?,13-,14?/m1/s1. The van der Waals surface area contributed by atoms with E-state index >= 15 is 0 Å². The Labute approximate surface area is 108 Å². The summed E-state index contributed by atoms with van der Waals surface area (Å²) in [5.74, 6) is 0.567. The molecule has 0 bridgehead atoms. The van der Waals surface area contributed by atoms with Gasteiger partial charge in [-0.2, -0.15) is 0 Å². The van der Waals surface area contributed by atoms with Gasteiger partial charge in [-0.1, -0.05) is 43.8 Å². The van der Waals surface area contributed by atoms with Gasteiger partial charge in [0.05, 0.1) is 6.04 Å². The third-order valence-corrected chi connectivity index (χ3v) is 3.53. The van der Waals surface area contributed by atoms with Crippen LogP contribution in [-0.4, -0.2) is 11.9 Å². The van der Waals surface area contributed by atoms with Crippen molar-refractivity contribution in [2.75, 3.05) is 0 Å². The van der Waals surface area contributed by atoms with Crippen LogP contribution >= 0.6 is 0 Å². The topological polar surface area (TPSA) is 55.1 Å². The van der Waals surface area contributed by atoms with Crippen molar-refractivity contribution in [1.29, 1.82) is 0 Å². The van der Waals surface area contributed by atoms with Crippen LogP contribution in [0.15, 0.2) is 42.6 Å². The van der Waals surface area contributed by atoms with E-state index in [0.717, 1.165) is 12.8 Å². The summed E-state index contributed by atoms with van der Waals surface area (Å²) in [5.41, 5.74) is 7.43. The average molecular weight is 244 g/mol. The van der Waals surface area contributed by atoms with Crippen LogP contribution in [0.4, 0.5) is 0 Å². The molecule has 0 radical (unpaired) electrons. The Bertz CT molecular complexity index is 441. The molecule has 2 rings (SSSR count). The molecule has 1 aromatic rings. The summed E-state index contributed by atoms with van der Waals surface area (Å²) in [6.45, 7) is 5.69. The van der Waals surface area contributed by atoms with Crippen LogP contribution in [0, 0.1) is 5.92 Å². The number of rotatable bonds is 5. The van der Waals surface area contributed by atoms with E-state index in [0.29, 0.717) is 11.6 Å². The Morgan fingerprint density at radius 2 is 2.17 bits per heavy atom. The minimum absolute atomic E-state index is 0.0980. The first kappa shape index (κ1) is 12.7. The largest absolute Gasteiger partial charge is 0.401 e. The lowest BCUT2D eigenvalue weighted by Crippen LogP contribution is -2.38. The van der Waals surface area contributed by atoms with Crippen LogP contribution in [-0.2, 0) is 4.79 Å². The van der Waals surface area contributed by atoms with Gasteiger partial charge in [-0.25, -0.2) is 0 Å². The number of hydrogen-bond donors (Lipinski definition) is 2. The number of carbonyl (C=O) groups is 1. The maximum absolute atomic E-state index is 12.1. The highest BCUT2D eigenvalue weighted by molar-refractivity contribution is 5.83. The van der Waals surface area contributed by atoms with Crippen molar-refractivity contribution in [3.63, 3.8) is 0 Å². The molecule has 18 heavy (non-hydrogen) atoms. The molecule has 1 amide bonds. The molecule has 3 heteroatoms. The maximum atomic E-state index is 12.1. The monoisotopic (exact) mass is 244 g/mol. The van der Waals surface area contributed by atoms with E-state index in [1.807, 2.05) is 25.1 Å². The van der Waals surface area contributed by atoms with Crippen molar-refractivity contribution in [1.82, 2.24) is 5.32 Å². The summed E-state index contributed by atoms with van der Waals surface area (Å²) >= 11 is 0. The zero-order valence-corrected chi connectivity index (χ0v) is 10.7. The Balaban J connectivity index is 1.92. The van der Waals surface area contributed by atoms with Crippen LogP contribution in [0.3, 0.4) is 0 Å². The molecule has 0 heterocycles. The first-order chi connectivity index (χ1) is 8.63. The Hall–Kier alpha value is -1.77. The van der Waals surface area contributed by atoms with Crippen LogP contribution < -0.4 is 11.1 Å². The molecular weight excluding hydrogens is 224 g/mol. The van der Waals surface area contributed by atoms with Crippen molar-refractivity contribution in [3.05, 3.63) is 48.2 Å². The van der Waals surface area contributed by atoms with Crippen molar-refractivity contribution < 1.29 is 4.79 Å². The van der Waals surface area contributed by atoms with Gasteiger partial charge in [0.2, 0.25) is 5.91 Å². The molecule has 2 unspecified atom stereocenters. The van der Waals surface area contributed by atoms with Gasteiger partial charge in [0, 0.05) is 11.6 Å². The fourth-order valence-corrected chi connectivity index (χ4v) is 2.29. The maximum Gasteiger partial charge on any atom is 0.224 e. The minimum Gasteiger partial charge on any atom is -0.401 e. The molecule has 0 aliphatic heterocycles. The van der Waals surface area contributed by atoms with Gasteiger partial charge in [0.25, 0.3) is 0 Å². The third-order valence-electron chi connectivity index (χ3n) is 3.53. The summed E-state index contributed by atoms with van der Waals surface area (Å²) in [4.78, 5) is 12.1. The van der Waals surface area contributed by atoms with E-state index in [4.69, 9.17) is 5.73 Å². The zero-order chi connectivity index (χ0) is 13.1. The predicted octanol–water partition coefficient (Wildman–Crippen LogP) is 2.16. The fraction of sp³-hybridized carbons (Fsp3) is 0.400. The summed E-state index contributed by atoms with van der Waals surface area (Å²) in [7, 11) is 0. The van der Waals surface area contributed by atoms with Gasteiger partial charge >= 0.3 is 0 Å². The molecule has 1 saturated carbocycles. The lowest BCUT2D eigenvalue weighted by atomic mass is 10.1. The normalized spacial score (nSPS) is 23.2. The number of hydrogen-bond acceptors (Lipinski definition) is 2. The van der Waals surface area contributed by atoms with Gasteiger partial charge in [-0.15, -0.1) is 0 Å². The third kappa shape index (κ3) is 2.73. The van der Waals surface area contributed by atoms with Gasteiger partial charge in [-0.05, 0) is 24.3 Å². The van der Waals surface area contributed by atoms with Crippen LogP contribution in [0.5, 0.6) is 0 Å². The van der Waals surface area contributed by atoms with E-state index in [2.05, 4.69) is 24.0 Å². The zero-order valence-electron chi connectivity index (χ0n) is 10.7. The number of nitrogens with two attached hydrogens (primary N) is 1. The number of nitrogens with one attached hydrogen (secondary N) is 1. The lowest BCUT2D eigenvalue weighted by molar-refractivity contribution is -0.122. The highest BCUT2D eigenvalue weighted by atomic mass is 16.2. The second-order valence-corrected chi connectivity index (χ2v) is 4.90. The molecule has 3 atom stereocenters. The molecule has 1 aliphatic rings. The molecule has 3 N–H and O–H groups in total. The molecule has 1 fully saturated rings. The predicted molar refractivity (Wildman–Crippen MR) is 72.8 cm³/mol. The van der Waals surface area contributed by atoms with Crippen LogP contribution in [0.1, 0.15) is 31.2 Å². The molecule has 0 aromatic heterocycles. The molecule has 1 aromatic carbocycles. The second-order valence-electron chi connectivity index (χ2n) is 4.90. The van der Waals surface area contributed by atoms with Crippen molar-refractivity contribution in [3.8, 4) is 0 Å². The molecule has 0 spiro atoms. The van der Waals surface area contributed by atoms with Gasteiger partial charge in [0.1, 0.15) is 0 Å². The van der Waals surface area contributed by atoms with Gasteiger partial charge in [0.15, 0.2) is 0 Å².